The number of carbonyl (C=O) groups excluding carboxylic acids is 1. The molecule has 1 aromatic rings. The molecule has 0 aliphatic carbocycles. The number of ether oxygens (including phenoxy) is 1. The molecule has 0 fully saturated rings. The van der Waals surface area contributed by atoms with Gasteiger partial charge in [-0.3, -0.25) is 4.79 Å². The van der Waals surface area contributed by atoms with Crippen LogP contribution in [0.3, 0.4) is 0 Å². The van der Waals surface area contributed by atoms with E-state index in [4.69, 9.17) is 4.74 Å². The Morgan fingerprint density at radius 1 is 1.38 bits per heavy atom. The number of hydrogen-bond donors (Lipinski definition) is 0. The Balaban J connectivity index is 2.53. The molecule has 0 N–H and O–H groups in total. The second-order valence-corrected chi connectivity index (χ2v) is 3.74. The van der Waals surface area contributed by atoms with Crippen LogP contribution < -0.4 is 0 Å². The van der Waals surface area contributed by atoms with Gasteiger partial charge in [0.1, 0.15) is 11.9 Å². The largest absolute Gasteiger partial charge is 0.370 e. The molecular weight excluding hydrogens is 207 g/mol. The summed E-state index contributed by atoms with van der Waals surface area (Å²) in [6.45, 7) is 4.38. The van der Waals surface area contributed by atoms with Gasteiger partial charge in [0, 0.05) is 12.2 Å². The SMILES string of the molecule is CCCCOC(C)C(=O)c1ccc(F)cc1. The second-order valence-electron chi connectivity index (χ2n) is 3.74. The highest BCUT2D eigenvalue weighted by Gasteiger charge is 2.15. The van der Waals surface area contributed by atoms with Crippen LogP contribution in [0.1, 0.15) is 37.0 Å². The van der Waals surface area contributed by atoms with E-state index in [-0.39, 0.29) is 11.6 Å². The molecule has 0 aliphatic heterocycles. The molecule has 2 nitrogen and oxygen atoms in total. The summed E-state index contributed by atoms with van der Waals surface area (Å²) in [7, 11) is 0. The van der Waals surface area contributed by atoms with Crippen LogP contribution in [-0.4, -0.2) is 18.5 Å². The minimum Gasteiger partial charge on any atom is -0.370 e. The van der Waals surface area contributed by atoms with Crippen molar-refractivity contribution in [1.82, 2.24) is 0 Å². The topological polar surface area (TPSA) is 26.3 Å². The molecule has 1 unspecified atom stereocenters. The van der Waals surface area contributed by atoms with Gasteiger partial charge < -0.3 is 4.74 Å². The number of unbranched alkanes of at least 4 members (excludes halogenated alkanes) is 1. The number of ketones is 1. The maximum atomic E-state index is 12.7. The first kappa shape index (κ1) is 12.8. The van der Waals surface area contributed by atoms with Crippen molar-refractivity contribution in [1.29, 1.82) is 0 Å². The van der Waals surface area contributed by atoms with Gasteiger partial charge in [-0.05, 0) is 37.6 Å². The van der Waals surface area contributed by atoms with E-state index < -0.39 is 6.10 Å². The molecule has 16 heavy (non-hydrogen) atoms. The highest BCUT2D eigenvalue weighted by Crippen LogP contribution is 2.08. The molecule has 0 saturated heterocycles. The van der Waals surface area contributed by atoms with Crippen molar-refractivity contribution in [3.05, 3.63) is 35.6 Å². The zero-order valence-corrected chi connectivity index (χ0v) is 9.70. The van der Waals surface area contributed by atoms with E-state index in [1.807, 2.05) is 0 Å². The molecule has 1 rings (SSSR count). The summed E-state index contributed by atoms with van der Waals surface area (Å²) in [4.78, 5) is 11.8. The second kappa shape index (κ2) is 6.38. The molecule has 0 heterocycles. The third kappa shape index (κ3) is 3.74. The lowest BCUT2D eigenvalue weighted by Crippen LogP contribution is -2.21. The van der Waals surface area contributed by atoms with Crippen LogP contribution in [0.5, 0.6) is 0 Å². The molecule has 0 aromatic heterocycles. The Kier molecular flexibility index (Phi) is 5.12. The lowest BCUT2D eigenvalue weighted by atomic mass is 10.1. The highest BCUT2D eigenvalue weighted by molar-refractivity contribution is 5.99. The van der Waals surface area contributed by atoms with Gasteiger partial charge in [0.2, 0.25) is 0 Å². The van der Waals surface area contributed by atoms with Gasteiger partial charge >= 0.3 is 0 Å². The third-order valence-electron chi connectivity index (χ3n) is 2.36. The Morgan fingerprint density at radius 3 is 2.56 bits per heavy atom. The number of carbonyl (C=O) groups is 1. The molecular formula is C13H17FO2. The third-order valence-corrected chi connectivity index (χ3v) is 2.36. The van der Waals surface area contributed by atoms with Crippen LogP contribution in [0.2, 0.25) is 0 Å². The van der Waals surface area contributed by atoms with Gasteiger partial charge in [-0.2, -0.15) is 0 Å². The van der Waals surface area contributed by atoms with Crippen LogP contribution in [-0.2, 0) is 4.74 Å². The molecule has 0 radical (unpaired) electrons. The summed E-state index contributed by atoms with van der Waals surface area (Å²) < 4.78 is 18.0. The van der Waals surface area contributed by atoms with E-state index in [1.165, 1.54) is 24.3 Å². The summed E-state index contributed by atoms with van der Waals surface area (Å²) >= 11 is 0. The molecule has 0 bridgehead atoms. The fourth-order valence-corrected chi connectivity index (χ4v) is 1.33. The van der Waals surface area contributed by atoms with Gasteiger partial charge in [0.25, 0.3) is 0 Å². The highest BCUT2D eigenvalue weighted by atomic mass is 19.1. The predicted molar refractivity (Wildman–Crippen MR) is 61.1 cm³/mol. The molecule has 0 saturated carbocycles. The van der Waals surface area contributed by atoms with Crippen LogP contribution in [0.4, 0.5) is 4.39 Å². The number of Topliss-reactive ketones (excluding diaryl/α,β-unsaturated/α-hetero) is 1. The molecule has 0 aliphatic rings. The first-order chi connectivity index (χ1) is 7.65. The Morgan fingerprint density at radius 2 is 2.00 bits per heavy atom. The molecule has 1 aromatic carbocycles. The molecule has 3 heteroatoms. The van der Waals surface area contributed by atoms with Gasteiger partial charge in [0.15, 0.2) is 5.78 Å². The van der Waals surface area contributed by atoms with Crippen molar-refractivity contribution in [3.63, 3.8) is 0 Å². The van der Waals surface area contributed by atoms with E-state index in [1.54, 1.807) is 6.92 Å². The van der Waals surface area contributed by atoms with Crippen LogP contribution >= 0.6 is 0 Å². The van der Waals surface area contributed by atoms with Crippen molar-refractivity contribution >= 4 is 5.78 Å². The van der Waals surface area contributed by atoms with Gasteiger partial charge in [0.05, 0.1) is 0 Å². The van der Waals surface area contributed by atoms with Crippen molar-refractivity contribution in [2.45, 2.75) is 32.8 Å². The van der Waals surface area contributed by atoms with E-state index in [0.29, 0.717) is 12.2 Å². The Labute approximate surface area is 95.4 Å². The standard InChI is InChI=1S/C13H17FO2/c1-3-4-9-16-10(2)13(15)11-5-7-12(14)8-6-11/h5-8,10H,3-4,9H2,1-2H3. The number of hydrogen-bond acceptors (Lipinski definition) is 2. The van der Waals surface area contributed by atoms with Crippen molar-refractivity contribution in [2.75, 3.05) is 6.61 Å². The summed E-state index contributed by atoms with van der Waals surface area (Å²) in [5.74, 6) is -0.438. The predicted octanol–water partition coefficient (Wildman–Crippen LogP) is 3.21. The minimum atomic E-state index is -0.461. The zero-order valence-electron chi connectivity index (χ0n) is 9.70. The minimum absolute atomic E-state index is 0.101. The average molecular weight is 224 g/mol. The maximum absolute atomic E-state index is 12.7. The first-order valence-corrected chi connectivity index (χ1v) is 5.56. The van der Waals surface area contributed by atoms with E-state index in [2.05, 4.69) is 6.92 Å². The quantitative estimate of drug-likeness (QED) is 0.548. The van der Waals surface area contributed by atoms with Crippen molar-refractivity contribution < 1.29 is 13.9 Å². The van der Waals surface area contributed by atoms with Gasteiger partial charge in [-0.25, -0.2) is 4.39 Å². The molecule has 88 valence electrons. The van der Waals surface area contributed by atoms with Crippen LogP contribution in [0.15, 0.2) is 24.3 Å². The van der Waals surface area contributed by atoms with Crippen molar-refractivity contribution in [2.24, 2.45) is 0 Å². The summed E-state index contributed by atoms with van der Waals surface area (Å²) in [6, 6.07) is 5.53. The van der Waals surface area contributed by atoms with E-state index in [9.17, 15) is 9.18 Å². The number of rotatable bonds is 6. The van der Waals surface area contributed by atoms with E-state index in [0.717, 1.165) is 12.8 Å². The molecule has 0 amide bonds. The Bertz CT molecular complexity index is 332. The number of benzene rings is 1. The van der Waals surface area contributed by atoms with Gasteiger partial charge in [-0.15, -0.1) is 0 Å². The Hall–Kier alpha value is -1.22. The van der Waals surface area contributed by atoms with E-state index >= 15 is 0 Å². The fourth-order valence-electron chi connectivity index (χ4n) is 1.33. The number of halogens is 1. The monoisotopic (exact) mass is 224 g/mol. The smallest absolute Gasteiger partial charge is 0.191 e. The van der Waals surface area contributed by atoms with Crippen LogP contribution in [0, 0.1) is 5.82 Å². The lowest BCUT2D eigenvalue weighted by molar-refractivity contribution is 0.0468. The summed E-state index contributed by atoms with van der Waals surface area (Å²) in [5.41, 5.74) is 0.491. The van der Waals surface area contributed by atoms with Crippen LogP contribution in [0.25, 0.3) is 0 Å². The average Bonchev–Trinajstić information content (AvgIpc) is 2.29. The zero-order chi connectivity index (χ0) is 12.0. The van der Waals surface area contributed by atoms with Gasteiger partial charge in [-0.1, -0.05) is 13.3 Å². The maximum Gasteiger partial charge on any atom is 0.191 e. The molecule has 0 spiro atoms. The summed E-state index contributed by atoms with van der Waals surface area (Å²) in [5, 5.41) is 0. The first-order valence-electron chi connectivity index (χ1n) is 5.56. The lowest BCUT2D eigenvalue weighted by Gasteiger charge is -2.11. The molecule has 1 atom stereocenters. The van der Waals surface area contributed by atoms with Crippen molar-refractivity contribution in [3.8, 4) is 0 Å². The fraction of sp³-hybridized carbons (Fsp3) is 0.462. The summed E-state index contributed by atoms with van der Waals surface area (Å²) in [6.07, 6.45) is 1.52. The normalized spacial score (nSPS) is 12.4.